The molecule has 19 heavy (non-hydrogen) atoms. The third kappa shape index (κ3) is 3.12. The Morgan fingerprint density at radius 2 is 1.84 bits per heavy atom. The quantitative estimate of drug-likeness (QED) is 0.789. The van der Waals surface area contributed by atoms with Gasteiger partial charge in [0.25, 0.3) is 5.91 Å². The van der Waals surface area contributed by atoms with E-state index in [-0.39, 0.29) is 11.7 Å². The zero-order valence-electron chi connectivity index (χ0n) is 10.3. The van der Waals surface area contributed by atoms with Gasteiger partial charge in [-0.1, -0.05) is 6.07 Å². The van der Waals surface area contributed by atoms with Crippen LogP contribution >= 0.6 is 0 Å². The Bertz CT molecular complexity index is 619. The van der Waals surface area contributed by atoms with Crippen LogP contribution in [0.5, 0.6) is 0 Å². The van der Waals surface area contributed by atoms with E-state index in [1.807, 2.05) is 0 Å². The van der Waals surface area contributed by atoms with E-state index in [0.717, 1.165) is 5.56 Å². The van der Waals surface area contributed by atoms with Crippen molar-refractivity contribution in [3.8, 4) is 0 Å². The molecule has 0 saturated heterocycles. The lowest BCUT2D eigenvalue weighted by atomic mass is 10.2. The van der Waals surface area contributed by atoms with Crippen molar-refractivity contribution in [2.45, 2.75) is 6.92 Å². The predicted molar refractivity (Wildman–Crippen MR) is 71.0 cm³/mol. The number of nitrogens with two attached hydrogens (primary N) is 1. The third-order valence-electron chi connectivity index (χ3n) is 2.46. The fourth-order valence-corrected chi connectivity index (χ4v) is 1.61. The standard InChI is InChI=1S/C13H13N3O3/c1-8-5-6-19-11(8)12(17)15-9-3-2-4-10(7-9)16-13(14)18/h2-7H,1H3,(H,15,17)(H3,14,16,18). The number of rotatable bonds is 3. The molecule has 2 aromatic rings. The van der Waals surface area contributed by atoms with Crippen LogP contribution in [0.2, 0.25) is 0 Å². The second-order valence-corrected chi connectivity index (χ2v) is 3.96. The van der Waals surface area contributed by atoms with Gasteiger partial charge in [-0.15, -0.1) is 0 Å². The van der Waals surface area contributed by atoms with Crippen LogP contribution in [0.4, 0.5) is 16.2 Å². The number of benzene rings is 1. The highest BCUT2D eigenvalue weighted by Gasteiger charge is 2.12. The molecule has 0 aliphatic heterocycles. The molecule has 0 atom stereocenters. The Labute approximate surface area is 109 Å². The van der Waals surface area contributed by atoms with Crippen LogP contribution in [-0.4, -0.2) is 11.9 Å². The summed E-state index contributed by atoms with van der Waals surface area (Å²) in [7, 11) is 0. The first-order valence-electron chi connectivity index (χ1n) is 5.58. The van der Waals surface area contributed by atoms with E-state index in [1.165, 1.54) is 6.26 Å². The molecule has 0 unspecified atom stereocenters. The summed E-state index contributed by atoms with van der Waals surface area (Å²) in [5.41, 5.74) is 6.81. The van der Waals surface area contributed by atoms with Gasteiger partial charge >= 0.3 is 6.03 Å². The van der Waals surface area contributed by atoms with Crippen molar-refractivity contribution in [3.63, 3.8) is 0 Å². The number of furan rings is 1. The minimum atomic E-state index is -0.662. The molecular formula is C13H13N3O3. The van der Waals surface area contributed by atoms with Crippen molar-refractivity contribution in [1.82, 2.24) is 0 Å². The molecule has 0 radical (unpaired) electrons. The van der Waals surface area contributed by atoms with Crippen molar-refractivity contribution in [2.75, 3.05) is 10.6 Å². The van der Waals surface area contributed by atoms with Gasteiger partial charge in [-0.05, 0) is 31.2 Å². The van der Waals surface area contributed by atoms with Crippen LogP contribution in [0.25, 0.3) is 0 Å². The van der Waals surface area contributed by atoms with Crippen LogP contribution in [0.1, 0.15) is 16.1 Å². The lowest BCUT2D eigenvalue weighted by molar-refractivity contribution is 0.0996. The SMILES string of the molecule is Cc1ccoc1C(=O)Nc1cccc(NC(N)=O)c1. The van der Waals surface area contributed by atoms with E-state index in [4.69, 9.17) is 10.2 Å². The van der Waals surface area contributed by atoms with Crippen molar-refractivity contribution in [1.29, 1.82) is 0 Å². The highest BCUT2D eigenvalue weighted by Crippen LogP contribution is 2.17. The lowest BCUT2D eigenvalue weighted by Crippen LogP contribution is -2.19. The summed E-state index contributed by atoms with van der Waals surface area (Å²) in [6.45, 7) is 1.78. The topological polar surface area (TPSA) is 97.4 Å². The normalized spacial score (nSPS) is 9.95. The second-order valence-electron chi connectivity index (χ2n) is 3.96. The van der Waals surface area contributed by atoms with E-state index >= 15 is 0 Å². The van der Waals surface area contributed by atoms with Crippen LogP contribution in [-0.2, 0) is 0 Å². The molecule has 0 spiro atoms. The Hall–Kier alpha value is -2.76. The zero-order chi connectivity index (χ0) is 13.8. The summed E-state index contributed by atoms with van der Waals surface area (Å²) in [4.78, 5) is 22.7. The Morgan fingerprint density at radius 1 is 1.16 bits per heavy atom. The number of carbonyl (C=O) groups is 2. The highest BCUT2D eigenvalue weighted by molar-refractivity contribution is 6.03. The number of primary amides is 1. The van der Waals surface area contributed by atoms with Crippen molar-refractivity contribution in [3.05, 3.63) is 47.9 Å². The van der Waals surface area contributed by atoms with E-state index < -0.39 is 6.03 Å². The Morgan fingerprint density at radius 3 is 2.42 bits per heavy atom. The van der Waals surface area contributed by atoms with Gasteiger partial charge in [-0.3, -0.25) is 4.79 Å². The van der Waals surface area contributed by atoms with Gasteiger partial charge in [0.2, 0.25) is 0 Å². The number of anilines is 2. The van der Waals surface area contributed by atoms with Crippen LogP contribution in [0.15, 0.2) is 41.0 Å². The third-order valence-corrected chi connectivity index (χ3v) is 2.46. The number of aryl methyl sites for hydroxylation is 1. The molecule has 1 heterocycles. The largest absolute Gasteiger partial charge is 0.459 e. The maximum atomic E-state index is 11.9. The van der Waals surface area contributed by atoms with Gasteiger partial charge in [0.05, 0.1) is 6.26 Å². The summed E-state index contributed by atoms with van der Waals surface area (Å²) >= 11 is 0. The maximum absolute atomic E-state index is 11.9. The molecule has 1 aromatic carbocycles. The van der Waals surface area contributed by atoms with E-state index in [0.29, 0.717) is 11.4 Å². The number of hydrogen-bond donors (Lipinski definition) is 3. The fraction of sp³-hybridized carbons (Fsp3) is 0.0769. The van der Waals surface area contributed by atoms with Gasteiger partial charge in [0, 0.05) is 16.9 Å². The van der Waals surface area contributed by atoms with Crippen molar-refractivity contribution >= 4 is 23.3 Å². The van der Waals surface area contributed by atoms with Crippen LogP contribution < -0.4 is 16.4 Å². The van der Waals surface area contributed by atoms with Gasteiger partial charge in [-0.25, -0.2) is 4.79 Å². The van der Waals surface area contributed by atoms with Crippen LogP contribution in [0, 0.1) is 6.92 Å². The van der Waals surface area contributed by atoms with Gasteiger partial charge < -0.3 is 20.8 Å². The molecule has 6 nitrogen and oxygen atoms in total. The zero-order valence-corrected chi connectivity index (χ0v) is 10.3. The molecule has 3 amide bonds. The maximum Gasteiger partial charge on any atom is 0.316 e. The summed E-state index contributed by atoms with van der Waals surface area (Å²) in [6.07, 6.45) is 1.45. The number of amides is 3. The molecular weight excluding hydrogens is 246 g/mol. The first-order chi connectivity index (χ1) is 9.06. The van der Waals surface area contributed by atoms with Crippen molar-refractivity contribution in [2.24, 2.45) is 5.73 Å². The molecule has 0 saturated carbocycles. The molecule has 0 aliphatic carbocycles. The second kappa shape index (κ2) is 5.26. The number of nitrogens with one attached hydrogen (secondary N) is 2. The Balaban J connectivity index is 2.13. The molecule has 1 aromatic heterocycles. The highest BCUT2D eigenvalue weighted by atomic mass is 16.3. The molecule has 4 N–H and O–H groups in total. The fourth-order valence-electron chi connectivity index (χ4n) is 1.61. The first-order valence-corrected chi connectivity index (χ1v) is 5.58. The predicted octanol–water partition coefficient (Wildman–Crippen LogP) is 2.33. The molecule has 6 heteroatoms. The lowest BCUT2D eigenvalue weighted by Gasteiger charge is -2.06. The molecule has 98 valence electrons. The molecule has 2 rings (SSSR count). The average molecular weight is 259 g/mol. The van der Waals surface area contributed by atoms with E-state index in [1.54, 1.807) is 37.3 Å². The van der Waals surface area contributed by atoms with Gasteiger partial charge in [-0.2, -0.15) is 0 Å². The number of hydrogen-bond acceptors (Lipinski definition) is 3. The van der Waals surface area contributed by atoms with E-state index in [2.05, 4.69) is 10.6 Å². The number of urea groups is 1. The summed E-state index contributed by atoms with van der Waals surface area (Å²) < 4.78 is 5.09. The number of carbonyl (C=O) groups excluding carboxylic acids is 2. The average Bonchev–Trinajstić information content (AvgIpc) is 2.75. The van der Waals surface area contributed by atoms with E-state index in [9.17, 15) is 9.59 Å². The van der Waals surface area contributed by atoms with Gasteiger partial charge in [0.15, 0.2) is 5.76 Å². The molecule has 0 fully saturated rings. The first kappa shape index (κ1) is 12.7. The smallest absolute Gasteiger partial charge is 0.316 e. The van der Waals surface area contributed by atoms with Gasteiger partial charge in [0.1, 0.15) is 0 Å². The minimum Gasteiger partial charge on any atom is -0.459 e. The summed E-state index contributed by atoms with van der Waals surface area (Å²) in [5.74, 6) is -0.0908. The minimum absolute atomic E-state index is 0.258. The van der Waals surface area contributed by atoms with Crippen molar-refractivity contribution < 1.29 is 14.0 Å². The Kier molecular flexibility index (Phi) is 3.51. The summed E-state index contributed by atoms with van der Waals surface area (Å²) in [5, 5.41) is 5.10. The molecule has 0 aliphatic rings. The summed E-state index contributed by atoms with van der Waals surface area (Å²) in [6, 6.07) is 7.70. The monoisotopic (exact) mass is 259 g/mol. The van der Waals surface area contributed by atoms with Crippen LogP contribution in [0.3, 0.4) is 0 Å². The molecule has 0 bridgehead atoms.